The highest BCUT2D eigenvalue weighted by atomic mass is 16.2. The summed E-state index contributed by atoms with van der Waals surface area (Å²) in [5, 5.41) is 11.3. The summed E-state index contributed by atoms with van der Waals surface area (Å²) in [5.41, 5.74) is 5.22. The summed E-state index contributed by atoms with van der Waals surface area (Å²) in [6.07, 6.45) is 4.22. The molecule has 1 aliphatic rings. The van der Waals surface area contributed by atoms with Gasteiger partial charge in [-0.2, -0.15) is 0 Å². The second kappa shape index (κ2) is 4.58. The maximum absolute atomic E-state index is 11.4. The van der Waals surface area contributed by atoms with E-state index in [0.717, 1.165) is 32.1 Å². The fourth-order valence-electron chi connectivity index (χ4n) is 1.40. The molecule has 0 spiro atoms. The Hall–Kier alpha value is -0.610. The van der Waals surface area contributed by atoms with Crippen LogP contribution in [0.5, 0.6) is 0 Å². The topological polar surface area (TPSA) is 75.4 Å². The minimum absolute atomic E-state index is 0.0308. The van der Waals surface area contributed by atoms with Gasteiger partial charge in [-0.15, -0.1) is 0 Å². The lowest BCUT2D eigenvalue weighted by molar-refractivity contribution is -0.129. The summed E-state index contributed by atoms with van der Waals surface area (Å²) in [5.74, 6) is -0.0308. The van der Waals surface area contributed by atoms with Gasteiger partial charge in [0.05, 0.1) is 5.54 Å². The zero-order valence-corrected chi connectivity index (χ0v) is 7.88. The molecule has 1 fully saturated rings. The first-order valence-electron chi connectivity index (χ1n) is 4.87. The Morgan fingerprint density at radius 2 is 2.15 bits per heavy atom. The van der Waals surface area contributed by atoms with Crippen LogP contribution in [0.3, 0.4) is 0 Å². The molecule has 1 saturated carbocycles. The van der Waals surface area contributed by atoms with Crippen molar-refractivity contribution in [1.29, 1.82) is 0 Å². The molecule has 0 aromatic carbocycles. The highest BCUT2D eigenvalue weighted by Crippen LogP contribution is 2.28. The number of hydrogen-bond donors (Lipinski definition) is 3. The molecule has 0 bridgehead atoms. The molecule has 1 amide bonds. The van der Waals surface area contributed by atoms with Crippen LogP contribution in [0.2, 0.25) is 0 Å². The lowest BCUT2D eigenvalue weighted by Crippen LogP contribution is -2.58. The highest BCUT2D eigenvalue weighted by molar-refractivity contribution is 5.86. The fourth-order valence-corrected chi connectivity index (χ4v) is 1.40. The maximum Gasteiger partial charge on any atom is 0.240 e. The van der Waals surface area contributed by atoms with Crippen LogP contribution in [0.4, 0.5) is 0 Å². The van der Waals surface area contributed by atoms with Crippen LogP contribution in [-0.2, 0) is 4.79 Å². The van der Waals surface area contributed by atoms with E-state index in [1.807, 2.05) is 0 Å². The molecule has 0 aromatic heterocycles. The van der Waals surface area contributed by atoms with E-state index >= 15 is 0 Å². The fraction of sp³-hybridized carbons (Fsp3) is 0.889. The summed E-state index contributed by atoms with van der Waals surface area (Å²) < 4.78 is 0. The lowest BCUT2D eigenvalue weighted by Gasteiger charge is -2.36. The van der Waals surface area contributed by atoms with Gasteiger partial charge in [0, 0.05) is 13.2 Å². The SMILES string of the molecule is NC1(C(=O)NCCCCO)CCC1. The van der Waals surface area contributed by atoms with Gasteiger partial charge in [0.25, 0.3) is 0 Å². The Labute approximate surface area is 78.5 Å². The smallest absolute Gasteiger partial charge is 0.240 e. The third-order valence-electron chi connectivity index (χ3n) is 2.57. The molecule has 0 radical (unpaired) electrons. The van der Waals surface area contributed by atoms with E-state index < -0.39 is 5.54 Å². The Balaban J connectivity index is 2.10. The van der Waals surface area contributed by atoms with Crippen LogP contribution in [0.1, 0.15) is 32.1 Å². The van der Waals surface area contributed by atoms with Crippen molar-refractivity contribution >= 4 is 5.91 Å². The second-order valence-electron chi connectivity index (χ2n) is 3.70. The maximum atomic E-state index is 11.4. The van der Waals surface area contributed by atoms with Gasteiger partial charge in [-0.05, 0) is 32.1 Å². The summed E-state index contributed by atoms with van der Waals surface area (Å²) in [6.45, 7) is 0.808. The number of carbonyl (C=O) groups excluding carboxylic acids is 1. The van der Waals surface area contributed by atoms with Crippen molar-refractivity contribution in [2.24, 2.45) is 5.73 Å². The summed E-state index contributed by atoms with van der Waals surface area (Å²) in [6, 6.07) is 0. The number of carbonyl (C=O) groups is 1. The van der Waals surface area contributed by atoms with E-state index in [9.17, 15) is 4.79 Å². The number of rotatable bonds is 5. The van der Waals surface area contributed by atoms with Gasteiger partial charge in [0.15, 0.2) is 0 Å². The quantitative estimate of drug-likeness (QED) is 0.518. The number of aliphatic hydroxyl groups is 1. The number of amides is 1. The van der Waals surface area contributed by atoms with E-state index in [1.54, 1.807) is 0 Å². The van der Waals surface area contributed by atoms with Gasteiger partial charge in [-0.3, -0.25) is 4.79 Å². The van der Waals surface area contributed by atoms with Gasteiger partial charge in [0.2, 0.25) is 5.91 Å². The lowest BCUT2D eigenvalue weighted by atomic mass is 9.77. The summed E-state index contributed by atoms with van der Waals surface area (Å²) in [4.78, 5) is 11.4. The van der Waals surface area contributed by atoms with Gasteiger partial charge in [-0.1, -0.05) is 0 Å². The predicted octanol–water partition coefficient (Wildman–Crippen LogP) is -0.244. The molecule has 13 heavy (non-hydrogen) atoms. The normalized spacial score (nSPS) is 19.2. The van der Waals surface area contributed by atoms with Crippen LogP contribution in [0, 0.1) is 0 Å². The molecule has 0 aromatic rings. The molecule has 1 rings (SSSR count). The monoisotopic (exact) mass is 186 g/mol. The Kier molecular flexibility index (Phi) is 3.69. The molecule has 76 valence electrons. The molecule has 1 aliphatic carbocycles. The van der Waals surface area contributed by atoms with E-state index in [1.165, 1.54) is 0 Å². The van der Waals surface area contributed by atoms with E-state index in [0.29, 0.717) is 6.54 Å². The van der Waals surface area contributed by atoms with E-state index in [4.69, 9.17) is 10.8 Å². The minimum Gasteiger partial charge on any atom is -0.396 e. The van der Waals surface area contributed by atoms with Crippen molar-refractivity contribution in [3.63, 3.8) is 0 Å². The molecule has 4 N–H and O–H groups in total. The molecule has 0 unspecified atom stereocenters. The van der Waals surface area contributed by atoms with Gasteiger partial charge >= 0.3 is 0 Å². The van der Waals surface area contributed by atoms with Gasteiger partial charge in [-0.25, -0.2) is 0 Å². The number of unbranched alkanes of at least 4 members (excludes halogenated alkanes) is 1. The number of nitrogens with one attached hydrogen (secondary N) is 1. The predicted molar refractivity (Wildman–Crippen MR) is 50.1 cm³/mol. The van der Waals surface area contributed by atoms with Crippen LogP contribution in [0.15, 0.2) is 0 Å². The van der Waals surface area contributed by atoms with Crippen molar-refractivity contribution in [2.45, 2.75) is 37.6 Å². The van der Waals surface area contributed by atoms with Crippen LogP contribution >= 0.6 is 0 Å². The molecule has 0 saturated heterocycles. The zero-order valence-electron chi connectivity index (χ0n) is 7.88. The first kappa shape index (κ1) is 10.5. The van der Waals surface area contributed by atoms with Crippen LogP contribution in [-0.4, -0.2) is 29.7 Å². The Morgan fingerprint density at radius 3 is 2.62 bits per heavy atom. The van der Waals surface area contributed by atoms with Crippen molar-refractivity contribution in [2.75, 3.05) is 13.2 Å². The molecule has 4 nitrogen and oxygen atoms in total. The first-order valence-corrected chi connectivity index (χ1v) is 4.87. The molecule has 0 heterocycles. The van der Waals surface area contributed by atoms with Gasteiger partial charge in [0.1, 0.15) is 0 Å². The second-order valence-corrected chi connectivity index (χ2v) is 3.70. The molecular weight excluding hydrogens is 168 g/mol. The third-order valence-corrected chi connectivity index (χ3v) is 2.57. The standard InChI is InChI=1S/C9H18N2O2/c10-9(4-3-5-9)8(13)11-6-1-2-7-12/h12H,1-7,10H2,(H,11,13). The summed E-state index contributed by atoms with van der Waals surface area (Å²) in [7, 11) is 0. The number of aliphatic hydroxyl groups excluding tert-OH is 1. The zero-order chi connectivity index (χ0) is 9.73. The first-order chi connectivity index (χ1) is 6.19. The van der Waals surface area contributed by atoms with Crippen molar-refractivity contribution < 1.29 is 9.90 Å². The average molecular weight is 186 g/mol. The van der Waals surface area contributed by atoms with Crippen LogP contribution < -0.4 is 11.1 Å². The van der Waals surface area contributed by atoms with Crippen molar-refractivity contribution in [1.82, 2.24) is 5.32 Å². The van der Waals surface area contributed by atoms with Crippen molar-refractivity contribution in [3.05, 3.63) is 0 Å². The molecule has 4 heteroatoms. The number of nitrogens with two attached hydrogens (primary N) is 1. The Morgan fingerprint density at radius 1 is 1.46 bits per heavy atom. The highest BCUT2D eigenvalue weighted by Gasteiger charge is 2.39. The third kappa shape index (κ3) is 2.67. The molecule has 0 atom stereocenters. The molecular formula is C9H18N2O2. The summed E-state index contributed by atoms with van der Waals surface area (Å²) >= 11 is 0. The minimum atomic E-state index is -0.584. The average Bonchev–Trinajstić information content (AvgIpc) is 2.08. The van der Waals surface area contributed by atoms with Crippen molar-refractivity contribution in [3.8, 4) is 0 Å². The largest absolute Gasteiger partial charge is 0.396 e. The molecule has 0 aliphatic heterocycles. The van der Waals surface area contributed by atoms with Crippen LogP contribution in [0.25, 0.3) is 0 Å². The van der Waals surface area contributed by atoms with E-state index in [2.05, 4.69) is 5.32 Å². The van der Waals surface area contributed by atoms with Gasteiger partial charge < -0.3 is 16.2 Å². The van der Waals surface area contributed by atoms with E-state index in [-0.39, 0.29) is 12.5 Å². The number of hydrogen-bond acceptors (Lipinski definition) is 3. The Bertz CT molecular complexity index is 178.